The van der Waals surface area contributed by atoms with E-state index in [1.54, 1.807) is 6.08 Å². The monoisotopic (exact) mass is 273 g/mol. The van der Waals surface area contributed by atoms with Crippen LogP contribution in [0.1, 0.15) is 30.9 Å². The van der Waals surface area contributed by atoms with Crippen LogP contribution < -0.4 is 0 Å². The summed E-state index contributed by atoms with van der Waals surface area (Å²) >= 11 is 0. The molecule has 1 N–H and O–H groups in total. The summed E-state index contributed by atoms with van der Waals surface area (Å²) in [5.41, 5.74) is 2.25. The molecule has 0 spiro atoms. The molecule has 3 heteroatoms. The van der Waals surface area contributed by atoms with Gasteiger partial charge in [0.15, 0.2) is 0 Å². The van der Waals surface area contributed by atoms with Gasteiger partial charge in [-0.05, 0) is 44.2 Å². The maximum atomic E-state index is 12.3. The van der Waals surface area contributed by atoms with Crippen molar-refractivity contribution in [2.45, 2.75) is 32.7 Å². The standard InChI is InChI=1S/C17H23NO2/c1-13-3-6-15(7-4-13)9-10-17(20)18-11-16(12-19)8-5-14(18)2/h3-4,6-7,9-10,14,16,19H,5,8,11-12H2,1-2H3/b10-9+. The van der Waals surface area contributed by atoms with Gasteiger partial charge in [0.2, 0.25) is 5.91 Å². The Kier molecular flexibility index (Phi) is 4.96. The van der Waals surface area contributed by atoms with Crippen molar-refractivity contribution in [1.82, 2.24) is 4.90 Å². The molecule has 0 saturated carbocycles. The van der Waals surface area contributed by atoms with Crippen molar-refractivity contribution >= 4 is 12.0 Å². The first-order valence-electron chi connectivity index (χ1n) is 7.26. The minimum absolute atomic E-state index is 0.0382. The lowest BCUT2D eigenvalue weighted by Gasteiger charge is -2.36. The van der Waals surface area contributed by atoms with Crippen molar-refractivity contribution < 1.29 is 9.90 Å². The van der Waals surface area contributed by atoms with Crippen LogP contribution in [0.4, 0.5) is 0 Å². The molecule has 108 valence electrons. The zero-order valence-electron chi connectivity index (χ0n) is 12.2. The van der Waals surface area contributed by atoms with Crippen LogP contribution >= 0.6 is 0 Å². The first-order chi connectivity index (χ1) is 9.60. The maximum Gasteiger partial charge on any atom is 0.246 e. The van der Waals surface area contributed by atoms with E-state index in [0.29, 0.717) is 6.54 Å². The molecule has 2 rings (SSSR count). The van der Waals surface area contributed by atoms with E-state index in [0.717, 1.165) is 18.4 Å². The molecule has 20 heavy (non-hydrogen) atoms. The van der Waals surface area contributed by atoms with Crippen LogP contribution in [-0.4, -0.2) is 35.1 Å². The topological polar surface area (TPSA) is 40.5 Å². The summed E-state index contributed by atoms with van der Waals surface area (Å²) in [6, 6.07) is 8.35. The van der Waals surface area contributed by atoms with Gasteiger partial charge in [0.1, 0.15) is 0 Å². The summed E-state index contributed by atoms with van der Waals surface area (Å²) in [5, 5.41) is 9.25. The Bertz CT molecular complexity index is 478. The predicted octanol–water partition coefficient (Wildman–Crippen LogP) is 2.63. The smallest absolute Gasteiger partial charge is 0.246 e. The fourth-order valence-electron chi connectivity index (χ4n) is 2.58. The van der Waals surface area contributed by atoms with Gasteiger partial charge in [0.05, 0.1) is 0 Å². The van der Waals surface area contributed by atoms with Crippen molar-refractivity contribution in [3.63, 3.8) is 0 Å². The number of rotatable bonds is 3. The van der Waals surface area contributed by atoms with Gasteiger partial charge >= 0.3 is 0 Å². The fourth-order valence-corrected chi connectivity index (χ4v) is 2.58. The van der Waals surface area contributed by atoms with Crippen LogP contribution in [0.15, 0.2) is 30.3 Å². The molecule has 0 bridgehead atoms. The van der Waals surface area contributed by atoms with E-state index >= 15 is 0 Å². The van der Waals surface area contributed by atoms with Gasteiger partial charge in [-0.3, -0.25) is 4.79 Å². The average molecular weight is 273 g/mol. The van der Waals surface area contributed by atoms with E-state index in [9.17, 15) is 9.90 Å². The van der Waals surface area contributed by atoms with Crippen LogP contribution in [-0.2, 0) is 4.79 Å². The van der Waals surface area contributed by atoms with Crippen LogP contribution in [0.5, 0.6) is 0 Å². The number of carbonyl (C=O) groups excluding carboxylic acids is 1. The lowest BCUT2D eigenvalue weighted by atomic mass is 9.94. The maximum absolute atomic E-state index is 12.3. The molecule has 1 saturated heterocycles. The molecule has 2 atom stereocenters. The number of hydrogen-bond donors (Lipinski definition) is 1. The summed E-state index contributed by atoms with van der Waals surface area (Å²) < 4.78 is 0. The lowest BCUT2D eigenvalue weighted by molar-refractivity contribution is -0.130. The highest BCUT2D eigenvalue weighted by Crippen LogP contribution is 2.22. The summed E-state index contributed by atoms with van der Waals surface area (Å²) in [5.74, 6) is 0.263. The van der Waals surface area contributed by atoms with Crippen LogP contribution in [0.25, 0.3) is 6.08 Å². The third kappa shape index (κ3) is 3.70. The summed E-state index contributed by atoms with van der Waals surface area (Å²) in [4.78, 5) is 14.1. The predicted molar refractivity (Wildman–Crippen MR) is 81.2 cm³/mol. The van der Waals surface area contributed by atoms with Gasteiger partial charge in [0.25, 0.3) is 0 Å². The number of likely N-dealkylation sites (tertiary alicyclic amines) is 1. The van der Waals surface area contributed by atoms with Gasteiger partial charge < -0.3 is 10.0 Å². The number of aliphatic hydroxyl groups is 1. The number of carbonyl (C=O) groups is 1. The molecule has 2 unspecified atom stereocenters. The van der Waals surface area contributed by atoms with Gasteiger partial charge in [-0.2, -0.15) is 0 Å². The van der Waals surface area contributed by atoms with Crippen molar-refractivity contribution in [3.05, 3.63) is 41.5 Å². The largest absolute Gasteiger partial charge is 0.396 e. The van der Waals surface area contributed by atoms with Gasteiger partial charge in [-0.25, -0.2) is 0 Å². The normalized spacial score (nSPS) is 23.2. The third-order valence-electron chi connectivity index (χ3n) is 4.02. The highest BCUT2D eigenvalue weighted by atomic mass is 16.3. The Morgan fingerprint density at radius 3 is 2.70 bits per heavy atom. The van der Waals surface area contributed by atoms with Crippen molar-refractivity contribution in [1.29, 1.82) is 0 Å². The van der Waals surface area contributed by atoms with E-state index in [2.05, 4.69) is 6.92 Å². The molecule has 1 aliphatic heterocycles. The molecular formula is C17H23NO2. The fraction of sp³-hybridized carbons (Fsp3) is 0.471. The molecule has 1 aliphatic rings. The number of nitrogens with zero attached hydrogens (tertiary/aromatic N) is 1. The summed E-state index contributed by atoms with van der Waals surface area (Å²) in [6.45, 7) is 4.95. The molecule has 1 heterocycles. The minimum atomic E-state index is 0.0382. The molecule has 1 aromatic rings. The number of amides is 1. The average Bonchev–Trinajstić information content (AvgIpc) is 2.47. The number of aliphatic hydroxyl groups excluding tert-OH is 1. The lowest BCUT2D eigenvalue weighted by Crippen LogP contribution is -2.45. The van der Waals surface area contributed by atoms with Crippen LogP contribution in [0.3, 0.4) is 0 Å². The zero-order chi connectivity index (χ0) is 14.5. The zero-order valence-corrected chi connectivity index (χ0v) is 12.2. The third-order valence-corrected chi connectivity index (χ3v) is 4.02. The Balaban J connectivity index is 2.01. The van der Waals surface area contributed by atoms with E-state index in [1.165, 1.54) is 5.56 Å². The van der Waals surface area contributed by atoms with E-state index in [4.69, 9.17) is 0 Å². The van der Waals surface area contributed by atoms with E-state index in [-0.39, 0.29) is 24.5 Å². The van der Waals surface area contributed by atoms with E-state index in [1.807, 2.05) is 42.2 Å². The molecule has 0 aromatic heterocycles. The van der Waals surface area contributed by atoms with Crippen LogP contribution in [0, 0.1) is 12.8 Å². The summed E-state index contributed by atoms with van der Waals surface area (Å²) in [7, 11) is 0. The first kappa shape index (κ1) is 14.8. The van der Waals surface area contributed by atoms with E-state index < -0.39 is 0 Å². The molecule has 1 fully saturated rings. The van der Waals surface area contributed by atoms with Gasteiger partial charge in [0, 0.05) is 25.3 Å². The molecule has 1 amide bonds. The second-order valence-electron chi connectivity index (χ2n) is 5.71. The number of hydrogen-bond acceptors (Lipinski definition) is 2. The van der Waals surface area contributed by atoms with Crippen LogP contribution in [0.2, 0.25) is 0 Å². The Morgan fingerprint density at radius 2 is 2.05 bits per heavy atom. The van der Waals surface area contributed by atoms with Crippen molar-refractivity contribution in [2.24, 2.45) is 5.92 Å². The SMILES string of the molecule is Cc1ccc(/C=C/C(=O)N2CC(CO)CCC2C)cc1. The Morgan fingerprint density at radius 1 is 1.35 bits per heavy atom. The highest BCUT2D eigenvalue weighted by Gasteiger charge is 2.27. The van der Waals surface area contributed by atoms with Gasteiger partial charge in [-0.15, -0.1) is 0 Å². The molecule has 0 radical (unpaired) electrons. The number of benzene rings is 1. The van der Waals surface area contributed by atoms with Crippen molar-refractivity contribution in [3.8, 4) is 0 Å². The van der Waals surface area contributed by atoms with Crippen molar-refractivity contribution in [2.75, 3.05) is 13.2 Å². The number of aryl methyl sites for hydroxylation is 1. The second kappa shape index (κ2) is 6.71. The second-order valence-corrected chi connectivity index (χ2v) is 5.71. The van der Waals surface area contributed by atoms with Gasteiger partial charge in [-0.1, -0.05) is 29.8 Å². The molecular weight excluding hydrogens is 250 g/mol. The quantitative estimate of drug-likeness (QED) is 0.860. The highest BCUT2D eigenvalue weighted by molar-refractivity contribution is 5.92. The molecule has 0 aliphatic carbocycles. The molecule has 3 nitrogen and oxygen atoms in total. The first-order valence-corrected chi connectivity index (χ1v) is 7.26. The Hall–Kier alpha value is -1.61. The summed E-state index contributed by atoms with van der Waals surface area (Å²) in [6.07, 6.45) is 5.47. The Labute approximate surface area is 120 Å². The minimum Gasteiger partial charge on any atom is -0.396 e. The number of piperidine rings is 1. The molecule has 1 aromatic carbocycles.